The van der Waals surface area contributed by atoms with Crippen molar-refractivity contribution in [1.82, 2.24) is 0 Å². The Hall–Kier alpha value is -0.530. The number of aliphatic carboxylic acids is 1. The topological polar surface area (TPSA) is 37.3 Å². The minimum Gasteiger partial charge on any atom is -0.481 e. The molecule has 0 aliphatic rings. The number of hydrogen-bond donors (Lipinski definition) is 1. The van der Waals surface area contributed by atoms with Crippen LogP contribution in [-0.2, 0) is 4.79 Å². The molecule has 0 atom stereocenters. The zero-order chi connectivity index (χ0) is 8.20. The minimum atomic E-state index is -0.814. The van der Waals surface area contributed by atoms with Crippen LogP contribution < -0.4 is 0 Å². The highest BCUT2D eigenvalue weighted by Crippen LogP contribution is 2.28. The Morgan fingerprint density at radius 2 is 1.90 bits per heavy atom. The van der Waals surface area contributed by atoms with Crippen LogP contribution in [-0.4, -0.2) is 11.1 Å². The van der Waals surface area contributed by atoms with Crippen LogP contribution in [0, 0.1) is 11.8 Å². The van der Waals surface area contributed by atoms with Crippen LogP contribution in [0.1, 0.15) is 33.6 Å². The molecule has 0 bridgehead atoms. The van der Waals surface area contributed by atoms with Gasteiger partial charge in [-0.3, -0.25) is 4.79 Å². The van der Waals surface area contributed by atoms with E-state index in [1.165, 1.54) is 6.42 Å². The van der Waals surface area contributed by atoms with Crippen molar-refractivity contribution >= 4 is 5.97 Å². The third-order valence-corrected chi connectivity index (χ3v) is 2.09. The molecule has 0 spiro atoms. The Bertz CT molecular complexity index is 114. The maximum Gasteiger partial charge on any atom is 0.307 e. The smallest absolute Gasteiger partial charge is 0.307 e. The fourth-order valence-corrected chi connectivity index (χ4v) is 0.752. The van der Waals surface area contributed by atoms with Crippen molar-refractivity contribution in [1.29, 1.82) is 0 Å². The number of hydrogen-bond acceptors (Lipinski definition) is 1. The molecule has 2 nitrogen and oxygen atoms in total. The van der Waals surface area contributed by atoms with E-state index >= 15 is 0 Å². The molecule has 1 N–H and O–H groups in total. The summed E-state index contributed by atoms with van der Waals surface area (Å²) in [5, 5.41) is 8.46. The molecule has 0 aromatic carbocycles. The largest absolute Gasteiger partial charge is 0.481 e. The van der Waals surface area contributed by atoms with Crippen molar-refractivity contribution in [3.05, 3.63) is 6.42 Å². The molecule has 0 amide bonds. The molecule has 0 fully saturated rings. The van der Waals surface area contributed by atoms with E-state index in [0.29, 0.717) is 0 Å². The average Bonchev–Trinajstić information content (AvgIpc) is 1.87. The highest BCUT2D eigenvalue weighted by molar-refractivity contribution is 5.77. The van der Waals surface area contributed by atoms with E-state index in [4.69, 9.17) is 5.11 Å². The molecule has 0 aliphatic heterocycles. The first-order valence-corrected chi connectivity index (χ1v) is 3.63. The zero-order valence-electron chi connectivity index (χ0n) is 6.85. The molecule has 0 aromatic heterocycles. The minimum absolute atomic E-state index is 0.119. The maximum atomic E-state index is 10.3. The first kappa shape index (κ1) is 9.47. The van der Waals surface area contributed by atoms with Gasteiger partial charge in [-0.05, 0) is 18.3 Å². The van der Waals surface area contributed by atoms with Gasteiger partial charge in [-0.2, -0.15) is 0 Å². The van der Waals surface area contributed by atoms with Gasteiger partial charge < -0.3 is 5.11 Å². The van der Waals surface area contributed by atoms with Crippen LogP contribution >= 0.6 is 0 Å². The van der Waals surface area contributed by atoms with Crippen molar-refractivity contribution in [2.24, 2.45) is 5.41 Å². The van der Waals surface area contributed by atoms with E-state index in [0.717, 1.165) is 12.8 Å². The highest BCUT2D eigenvalue weighted by Gasteiger charge is 2.23. The molecular formula is C8H15O2. The summed E-state index contributed by atoms with van der Waals surface area (Å²) in [6.07, 6.45) is 3.15. The lowest BCUT2D eigenvalue weighted by Crippen LogP contribution is -2.19. The second-order valence-corrected chi connectivity index (χ2v) is 2.84. The van der Waals surface area contributed by atoms with Gasteiger partial charge >= 0.3 is 5.97 Å². The molecule has 10 heavy (non-hydrogen) atoms. The summed E-state index contributed by atoms with van der Waals surface area (Å²) in [6, 6.07) is 0. The predicted octanol–water partition coefficient (Wildman–Crippen LogP) is 2.10. The van der Waals surface area contributed by atoms with E-state index < -0.39 is 5.97 Å². The Morgan fingerprint density at radius 3 is 2.00 bits per heavy atom. The molecular weight excluding hydrogens is 128 g/mol. The standard InChI is InChI=1S/C8H15O2/c1-4-8(3,5-2)6-7(9)10/h6H,4-5H2,1-3H3,(H,9,10). The van der Waals surface area contributed by atoms with Gasteiger partial charge in [0.1, 0.15) is 0 Å². The molecule has 59 valence electrons. The predicted molar refractivity (Wildman–Crippen MR) is 40.6 cm³/mol. The van der Waals surface area contributed by atoms with E-state index in [1.54, 1.807) is 0 Å². The molecule has 0 saturated carbocycles. The Kier molecular flexibility index (Phi) is 3.40. The van der Waals surface area contributed by atoms with Crippen LogP contribution in [0.2, 0.25) is 0 Å². The molecule has 2 heteroatoms. The van der Waals surface area contributed by atoms with Crippen LogP contribution in [0.5, 0.6) is 0 Å². The first-order chi connectivity index (χ1) is 4.54. The summed E-state index contributed by atoms with van der Waals surface area (Å²) in [6.45, 7) is 5.97. The van der Waals surface area contributed by atoms with E-state index in [1.807, 2.05) is 20.8 Å². The molecule has 0 heterocycles. The second kappa shape index (κ2) is 3.59. The Labute approximate surface area is 62.2 Å². The van der Waals surface area contributed by atoms with Gasteiger partial charge in [-0.25, -0.2) is 0 Å². The van der Waals surface area contributed by atoms with Gasteiger partial charge in [0, 0.05) is 0 Å². The van der Waals surface area contributed by atoms with Crippen molar-refractivity contribution in [2.45, 2.75) is 33.6 Å². The number of carboxylic acid groups (broad SMARTS) is 1. The van der Waals surface area contributed by atoms with Crippen molar-refractivity contribution in [3.63, 3.8) is 0 Å². The Morgan fingerprint density at radius 1 is 1.50 bits per heavy atom. The number of rotatable bonds is 4. The monoisotopic (exact) mass is 143 g/mol. The van der Waals surface area contributed by atoms with Gasteiger partial charge in [-0.1, -0.05) is 20.8 Å². The van der Waals surface area contributed by atoms with Gasteiger partial charge in [0.15, 0.2) is 0 Å². The summed E-state index contributed by atoms with van der Waals surface area (Å²) in [4.78, 5) is 10.3. The SMILES string of the molecule is CCC(C)([CH]C(=O)O)CC. The first-order valence-electron chi connectivity index (χ1n) is 3.63. The summed E-state index contributed by atoms with van der Waals surface area (Å²) >= 11 is 0. The van der Waals surface area contributed by atoms with Crippen LogP contribution in [0.4, 0.5) is 0 Å². The summed E-state index contributed by atoms with van der Waals surface area (Å²) < 4.78 is 0. The lowest BCUT2D eigenvalue weighted by Gasteiger charge is -2.23. The zero-order valence-corrected chi connectivity index (χ0v) is 6.85. The Balaban J connectivity index is 3.92. The maximum absolute atomic E-state index is 10.3. The van der Waals surface area contributed by atoms with E-state index in [9.17, 15) is 4.79 Å². The van der Waals surface area contributed by atoms with E-state index in [-0.39, 0.29) is 5.41 Å². The van der Waals surface area contributed by atoms with Crippen molar-refractivity contribution in [3.8, 4) is 0 Å². The molecule has 0 unspecified atom stereocenters. The lowest BCUT2D eigenvalue weighted by molar-refractivity contribution is -0.134. The molecule has 1 radical (unpaired) electrons. The van der Waals surface area contributed by atoms with Crippen LogP contribution in [0.25, 0.3) is 0 Å². The highest BCUT2D eigenvalue weighted by atomic mass is 16.4. The van der Waals surface area contributed by atoms with Crippen molar-refractivity contribution in [2.75, 3.05) is 0 Å². The molecule has 0 aliphatic carbocycles. The second-order valence-electron chi connectivity index (χ2n) is 2.84. The fraction of sp³-hybridized carbons (Fsp3) is 0.750. The van der Waals surface area contributed by atoms with Gasteiger partial charge in [0.25, 0.3) is 0 Å². The third kappa shape index (κ3) is 2.85. The van der Waals surface area contributed by atoms with Crippen molar-refractivity contribution < 1.29 is 9.90 Å². The molecule has 0 aromatic rings. The van der Waals surface area contributed by atoms with Crippen LogP contribution in [0.15, 0.2) is 0 Å². The summed E-state index contributed by atoms with van der Waals surface area (Å²) in [5.41, 5.74) is -0.119. The van der Waals surface area contributed by atoms with Gasteiger partial charge in [0.05, 0.1) is 6.42 Å². The number of carboxylic acids is 1. The molecule has 0 rings (SSSR count). The molecule has 0 saturated heterocycles. The van der Waals surface area contributed by atoms with E-state index in [2.05, 4.69) is 0 Å². The average molecular weight is 143 g/mol. The summed E-state index contributed by atoms with van der Waals surface area (Å²) in [5.74, 6) is -0.814. The van der Waals surface area contributed by atoms with Gasteiger partial charge in [0.2, 0.25) is 0 Å². The lowest BCUT2D eigenvalue weighted by atomic mass is 9.82. The van der Waals surface area contributed by atoms with Crippen LogP contribution in [0.3, 0.4) is 0 Å². The summed E-state index contributed by atoms with van der Waals surface area (Å²) in [7, 11) is 0. The fourth-order valence-electron chi connectivity index (χ4n) is 0.752. The van der Waals surface area contributed by atoms with Gasteiger partial charge in [-0.15, -0.1) is 0 Å². The normalized spacial score (nSPS) is 11.5. The quantitative estimate of drug-likeness (QED) is 0.654. The third-order valence-electron chi connectivity index (χ3n) is 2.09. The number of carbonyl (C=O) groups is 1.